The fourth-order valence-electron chi connectivity index (χ4n) is 2.10. The summed E-state index contributed by atoms with van der Waals surface area (Å²) in [6.07, 6.45) is 0. The maximum absolute atomic E-state index is 13.2. The molecular formula is C15H15F2N3. The van der Waals surface area contributed by atoms with Crippen molar-refractivity contribution in [2.75, 3.05) is 11.9 Å². The number of hydrogen-bond acceptors (Lipinski definition) is 2. The van der Waals surface area contributed by atoms with Crippen molar-refractivity contribution >= 4 is 11.5 Å². The Morgan fingerprint density at radius 3 is 2.35 bits per heavy atom. The van der Waals surface area contributed by atoms with Gasteiger partial charge >= 0.3 is 0 Å². The molecule has 104 valence electrons. The molecule has 0 spiro atoms. The molecule has 0 bridgehead atoms. The minimum Gasteiger partial charge on any atom is -0.384 e. The van der Waals surface area contributed by atoms with Gasteiger partial charge in [0.1, 0.15) is 17.5 Å². The van der Waals surface area contributed by atoms with Gasteiger partial charge in [-0.15, -0.1) is 0 Å². The molecule has 2 rings (SSSR count). The van der Waals surface area contributed by atoms with Crippen LogP contribution >= 0.6 is 0 Å². The summed E-state index contributed by atoms with van der Waals surface area (Å²) in [6, 6.07) is 10.6. The van der Waals surface area contributed by atoms with Crippen LogP contribution in [0.2, 0.25) is 0 Å². The zero-order chi connectivity index (χ0) is 14.7. The predicted molar refractivity (Wildman–Crippen MR) is 75.9 cm³/mol. The van der Waals surface area contributed by atoms with E-state index in [-0.39, 0.29) is 5.84 Å². The van der Waals surface area contributed by atoms with Crippen molar-refractivity contribution in [3.8, 4) is 0 Å². The van der Waals surface area contributed by atoms with Crippen molar-refractivity contribution in [2.24, 2.45) is 5.73 Å². The van der Waals surface area contributed by atoms with Gasteiger partial charge in [-0.2, -0.15) is 0 Å². The molecule has 3 nitrogen and oxygen atoms in total. The van der Waals surface area contributed by atoms with Crippen molar-refractivity contribution in [1.82, 2.24) is 0 Å². The van der Waals surface area contributed by atoms with E-state index < -0.39 is 11.6 Å². The van der Waals surface area contributed by atoms with E-state index in [0.717, 1.165) is 11.8 Å². The summed E-state index contributed by atoms with van der Waals surface area (Å²) >= 11 is 0. The van der Waals surface area contributed by atoms with Gasteiger partial charge in [0.25, 0.3) is 0 Å². The van der Waals surface area contributed by atoms with Crippen LogP contribution in [0.1, 0.15) is 11.1 Å². The fraction of sp³-hybridized carbons (Fsp3) is 0.133. The summed E-state index contributed by atoms with van der Waals surface area (Å²) < 4.78 is 26.4. The molecular weight excluding hydrogens is 260 g/mol. The molecule has 0 aromatic heterocycles. The van der Waals surface area contributed by atoms with Crippen LogP contribution in [0.5, 0.6) is 0 Å². The minimum absolute atomic E-state index is 0.0436. The summed E-state index contributed by atoms with van der Waals surface area (Å²) in [6.45, 7) is 0.318. The fourth-order valence-corrected chi connectivity index (χ4v) is 2.10. The number of hydrogen-bond donors (Lipinski definition) is 2. The lowest BCUT2D eigenvalue weighted by Gasteiger charge is -2.22. The van der Waals surface area contributed by atoms with E-state index in [9.17, 15) is 8.78 Å². The number of nitrogens with two attached hydrogens (primary N) is 1. The SMILES string of the molecule is CN(Cc1cc(F)cc(F)c1)c1ccccc1C(=N)N. The third-order valence-electron chi connectivity index (χ3n) is 2.95. The number of para-hydroxylation sites is 1. The maximum Gasteiger partial charge on any atom is 0.126 e. The molecule has 3 N–H and O–H groups in total. The number of rotatable bonds is 4. The summed E-state index contributed by atoms with van der Waals surface area (Å²) in [4.78, 5) is 1.80. The van der Waals surface area contributed by atoms with Crippen LogP contribution in [0, 0.1) is 17.0 Å². The molecule has 0 heterocycles. The van der Waals surface area contributed by atoms with Crippen molar-refractivity contribution in [2.45, 2.75) is 6.54 Å². The van der Waals surface area contributed by atoms with Crippen LogP contribution in [0.15, 0.2) is 42.5 Å². The van der Waals surface area contributed by atoms with Gasteiger partial charge in [-0.1, -0.05) is 12.1 Å². The summed E-state index contributed by atoms with van der Waals surface area (Å²) in [5, 5.41) is 7.55. The van der Waals surface area contributed by atoms with Gasteiger partial charge in [0.2, 0.25) is 0 Å². The van der Waals surface area contributed by atoms with Gasteiger partial charge in [-0.3, -0.25) is 5.41 Å². The molecule has 20 heavy (non-hydrogen) atoms. The van der Waals surface area contributed by atoms with E-state index in [1.165, 1.54) is 12.1 Å². The number of halogens is 2. The molecule has 0 atom stereocenters. The summed E-state index contributed by atoms with van der Waals surface area (Å²) in [5.74, 6) is -1.25. The number of benzene rings is 2. The van der Waals surface area contributed by atoms with Crippen molar-refractivity contribution in [1.29, 1.82) is 5.41 Å². The molecule has 0 radical (unpaired) electrons. The molecule has 0 unspecified atom stereocenters. The first-order valence-electron chi connectivity index (χ1n) is 6.07. The third-order valence-corrected chi connectivity index (χ3v) is 2.95. The second-order valence-electron chi connectivity index (χ2n) is 4.56. The van der Waals surface area contributed by atoms with E-state index in [4.69, 9.17) is 11.1 Å². The molecule has 2 aromatic rings. The monoisotopic (exact) mass is 275 g/mol. The van der Waals surface area contributed by atoms with E-state index >= 15 is 0 Å². The highest BCUT2D eigenvalue weighted by Gasteiger charge is 2.10. The second kappa shape index (κ2) is 5.69. The lowest BCUT2D eigenvalue weighted by molar-refractivity contribution is 0.579. The Morgan fingerprint density at radius 1 is 1.15 bits per heavy atom. The van der Waals surface area contributed by atoms with Gasteiger partial charge in [-0.05, 0) is 29.8 Å². The van der Waals surface area contributed by atoms with Gasteiger partial charge in [0.15, 0.2) is 0 Å². The van der Waals surface area contributed by atoms with E-state index in [0.29, 0.717) is 17.7 Å². The molecule has 0 aliphatic heterocycles. The Balaban J connectivity index is 2.28. The van der Waals surface area contributed by atoms with Gasteiger partial charge in [-0.25, -0.2) is 8.78 Å². The zero-order valence-corrected chi connectivity index (χ0v) is 11.0. The van der Waals surface area contributed by atoms with Crippen LogP contribution in [0.4, 0.5) is 14.5 Å². The highest BCUT2D eigenvalue weighted by Crippen LogP contribution is 2.21. The normalized spacial score (nSPS) is 10.3. The largest absolute Gasteiger partial charge is 0.384 e. The molecule has 0 aliphatic rings. The van der Waals surface area contributed by atoms with Crippen LogP contribution in [-0.2, 0) is 6.54 Å². The summed E-state index contributed by atoms with van der Waals surface area (Å²) in [5.41, 5.74) is 7.38. The van der Waals surface area contributed by atoms with Crippen LogP contribution in [0.3, 0.4) is 0 Å². The first kappa shape index (κ1) is 14.0. The Bertz CT molecular complexity index is 621. The highest BCUT2D eigenvalue weighted by atomic mass is 19.1. The topological polar surface area (TPSA) is 53.1 Å². The standard InChI is InChI=1S/C15H15F2N3/c1-20(9-10-6-11(16)8-12(17)7-10)14-5-3-2-4-13(14)15(18)19/h2-8H,9H2,1H3,(H3,18,19). The number of nitrogen functional groups attached to an aromatic ring is 1. The summed E-state index contributed by atoms with van der Waals surface area (Å²) in [7, 11) is 1.78. The van der Waals surface area contributed by atoms with Crippen molar-refractivity contribution in [3.63, 3.8) is 0 Å². The van der Waals surface area contributed by atoms with Gasteiger partial charge < -0.3 is 10.6 Å². The molecule has 0 aliphatic carbocycles. The van der Waals surface area contributed by atoms with E-state index in [1.807, 2.05) is 12.1 Å². The van der Waals surface area contributed by atoms with E-state index in [2.05, 4.69) is 0 Å². The average Bonchev–Trinajstić information content (AvgIpc) is 2.37. The molecule has 0 fully saturated rings. The Kier molecular flexibility index (Phi) is 3.98. The van der Waals surface area contributed by atoms with E-state index in [1.54, 1.807) is 24.1 Å². The van der Waals surface area contributed by atoms with Gasteiger partial charge in [0, 0.05) is 30.9 Å². The van der Waals surface area contributed by atoms with Crippen molar-refractivity contribution in [3.05, 3.63) is 65.2 Å². The number of anilines is 1. The first-order valence-corrected chi connectivity index (χ1v) is 6.07. The van der Waals surface area contributed by atoms with Crippen molar-refractivity contribution < 1.29 is 8.78 Å². The molecule has 0 saturated carbocycles. The molecule has 5 heteroatoms. The second-order valence-corrected chi connectivity index (χ2v) is 4.56. The smallest absolute Gasteiger partial charge is 0.126 e. The molecule has 2 aromatic carbocycles. The quantitative estimate of drug-likeness (QED) is 0.666. The molecule has 0 amide bonds. The van der Waals surface area contributed by atoms with Gasteiger partial charge in [0.05, 0.1) is 0 Å². The Hall–Kier alpha value is -2.43. The number of amidine groups is 1. The third kappa shape index (κ3) is 3.12. The van der Waals surface area contributed by atoms with Crippen LogP contribution in [-0.4, -0.2) is 12.9 Å². The zero-order valence-electron chi connectivity index (χ0n) is 11.0. The highest BCUT2D eigenvalue weighted by molar-refractivity contribution is 6.00. The van der Waals surface area contributed by atoms with Crippen LogP contribution in [0.25, 0.3) is 0 Å². The number of nitrogens with one attached hydrogen (secondary N) is 1. The number of nitrogens with zero attached hydrogens (tertiary/aromatic N) is 1. The Morgan fingerprint density at radius 2 is 1.75 bits per heavy atom. The maximum atomic E-state index is 13.2. The lowest BCUT2D eigenvalue weighted by atomic mass is 10.1. The minimum atomic E-state index is -0.603. The molecule has 0 saturated heterocycles. The first-order chi connectivity index (χ1) is 9.47. The van der Waals surface area contributed by atoms with Crippen LogP contribution < -0.4 is 10.6 Å². The Labute approximate surface area is 116 Å². The predicted octanol–water partition coefficient (Wildman–Crippen LogP) is 2.89. The lowest BCUT2D eigenvalue weighted by Crippen LogP contribution is -2.22. The average molecular weight is 275 g/mol.